The first-order valence-electron chi connectivity index (χ1n) is 4.46. The molecule has 3 nitrogen and oxygen atoms in total. The summed E-state index contributed by atoms with van der Waals surface area (Å²) in [5.74, 6) is 0. The molecular weight excluding hydrogens is 182 g/mol. The predicted octanol–water partition coefficient (Wildman–Crippen LogP) is 1.56. The maximum absolute atomic E-state index is 6.01. The van der Waals surface area contributed by atoms with Crippen LogP contribution in [-0.2, 0) is 7.05 Å². The van der Waals surface area contributed by atoms with Crippen molar-refractivity contribution in [3.05, 3.63) is 18.0 Å². The van der Waals surface area contributed by atoms with E-state index in [4.69, 9.17) is 5.73 Å². The summed E-state index contributed by atoms with van der Waals surface area (Å²) < 4.78 is 1.82. The van der Waals surface area contributed by atoms with Gasteiger partial charge in [0.25, 0.3) is 0 Å². The molecule has 13 heavy (non-hydrogen) atoms. The summed E-state index contributed by atoms with van der Waals surface area (Å²) in [7, 11) is 1.93. The van der Waals surface area contributed by atoms with Crippen LogP contribution >= 0.6 is 11.8 Å². The molecule has 0 spiro atoms. The summed E-state index contributed by atoms with van der Waals surface area (Å²) in [6.45, 7) is 2.12. The smallest absolute Gasteiger partial charge is 0.0533 e. The highest BCUT2D eigenvalue weighted by molar-refractivity contribution is 7.98. The standard InChI is InChI=1S/C9H17N3S/c1-4-8(10)9(13-3)7-5-11-12(2)6-7/h5-6,8-9H,4,10H2,1-3H3. The van der Waals surface area contributed by atoms with E-state index in [2.05, 4.69) is 18.3 Å². The molecule has 2 atom stereocenters. The van der Waals surface area contributed by atoms with Gasteiger partial charge in [-0.25, -0.2) is 0 Å². The van der Waals surface area contributed by atoms with Crippen LogP contribution < -0.4 is 5.73 Å². The monoisotopic (exact) mass is 199 g/mol. The number of nitrogens with zero attached hydrogens (tertiary/aromatic N) is 2. The summed E-state index contributed by atoms with van der Waals surface area (Å²) in [6, 6.07) is 0.221. The molecular formula is C9H17N3S. The molecule has 74 valence electrons. The van der Waals surface area contributed by atoms with Gasteiger partial charge >= 0.3 is 0 Å². The third kappa shape index (κ3) is 2.48. The highest BCUT2D eigenvalue weighted by Gasteiger charge is 2.18. The zero-order chi connectivity index (χ0) is 9.84. The molecule has 1 heterocycles. The molecule has 1 rings (SSSR count). The second-order valence-electron chi connectivity index (χ2n) is 3.18. The van der Waals surface area contributed by atoms with E-state index in [1.165, 1.54) is 5.56 Å². The van der Waals surface area contributed by atoms with Gasteiger partial charge in [-0.05, 0) is 12.7 Å². The highest BCUT2D eigenvalue weighted by atomic mass is 32.2. The molecule has 0 aliphatic carbocycles. The Kier molecular flexibility index (Phi) is 3.81. The average molecular weight is 199 g/mol. The Bertz CT molecular complexity index is 259. The molecule has 0 saturated carbocycles. The van der Waals surface area contributed by atoms with Crippen molar-refractivity contribution in [2.24, 2.45) is 12.8 Å². The zero-order valence-electron chi connectivity index (χ0n) is 8.40. The van der Waals surface area contributed by atoms with Crippen LogP contribution in [0.5, 0.6) is 0 Å². The Morgan fingerprint density at radius 1 is 1.69 bits per heavy atom. The fraction of sp³-hybridized carbons (Fsp3) is 0.667. The first-order valence-corrected chi connectivity index (χ1v) is 5.74. The molecule has 0 aliphatic rings. The van der Waals surface area contributed by atoms with Gasteiger partial charge in [0.15, 0.2) is 0 Å². The van der Waals surface area contributed by atoms with Crippen molar-refractivity contribution in [3.63, 3.8) is 0 Å². The summed E-state index contributed by atoms with van der Waals surface area (Å²) >= 11 is 1.79. The van der Waals surface area contributed by atoms with E-state index in [1.54, 1.807) is 11.8 Å². The lowest BCUT2D eigenvalue weighted by Crippen LogP contribution is -2.25. The number of aromatic nitrogens is 2. The molecule has 0 fully saturated rings. The maximum atomic E-state index is 6.01. The first-order chi connectivity index (χ1) is 6.19. The SMILES string of the molecule is CCC(N)C(SC)c1cnn(C)c1. The average Bonchev–Trinajstić information content (AvgIpc) is 2.53. The largest absolute Gasteiger partial charge is 0.326 e. The molecule has 0 aromatic carbocycles. The summed E-state index contributed by atoms with van der Waals surface area (Å²) in [5, 5.41) is 4.52. The third-order valence-corrected chi connectivity index (χ3v) is 3.30. The molecule has 1 aromatic heterocycles. The van der Waals surface area contributed by atoms with Crippen molar-refractivity contribution < 1.29 is 0 Å². The van der Waals surface area contributed by atoms with Crippen molar-refractivity contribution in [1.29, 1.82) is 0 Å². The van der Waals surface area contributed by atoms with Gasteiger partial charge in [-0.3, -0.25) is 4.68 Å². The number of rotatable bonds is 4. The lowest BCUT2D eigenvalue weighted by molar-refractivity contribution is 0.634. The Morgan fingerprint density at radius 2 is 2.38 bits per heavy atom. The van der Waals surface area contributed by atoms with Crippen molar-refractivity contribution in [1.82, 2.24) is 9.78 Å². The number of aryl methyl sites for hydroxylation is 1. The van der Waals surface area contributed by atoms with E-state index in [1.807, 2.05) is 24.1 Å². The van der Waals surface area contributed by atoms with E-state index in [-0.39, 0.29) is 6.04 Å². The Labute approximate surface area is 83.7 Å². The highest BCUT2D eigenvalue weighted by Crippen LogP contribution is 2.29. The Balaban J connectivity index is 2.77. The van der Waals surface area contributed by atoms with Gasteiger partial charge < -0.3 is 5.73 Å². The van der Waals surface area contributed by atoms with Crippen LogP contribution in [0.1, 0.15) is 24.2 Å². The van der Waals surface area contributed by atoms with Crippen molar-refractivity contribution >= 4 is 11.8 Å². The fourth-order valence-electron chi connectivity index (χ4n) is 1.36. The van der Waals surface area contributed by atoms with Crippen LogP contribution in [0.2, 0.25) is 0 Å². The molecule has 2 N–H and O–H groups in total. The van der Waals surface area contributed by atoms with Gasteiger partial charge in [0.05, 0.1) is 6.20 Å². The quantitative estimate of drug-likeness (QED) is 0.800. The molecule has 0 saturated heterocycles. The maximum Gasteiger partial charge on any atom is 0.0533 e. The predicted molar refractivity (Wildman–Crippen MR) is 57.7 cm³/mol. The number of nitrogens with two attached hydrogens (primary N) is 1. The Morgan fingerprint density at radius 3 is 2.77 bits per heavy atom. The van der Waals surface area contributed by atoms with Gasteiger partial charge in [-0.15, -0.1) is 0 Å². The van der Waals surface area contributed by atoms with Crippen LogP contribution in [0.15, 0.2) is 12.4 Å². The van der Waals surface area contributed by atoms with Crippen LogP contribution in [0.25, 0.3) is 0 Å². The van der Waals surface area contributed by atoms with Gasteiger partial charge in [0.1, 0.15) is 0 Å². The first kappa shape index (κ1) is 10.6. The minimum absolute atomic E-state index is 0.221. The number of hydrogen-bond donors (Lipinski definition) is 1. The van der Waals surface area contributed by atoms with Crippen molar-refractivity contribution in [2.45, 2.75) is 24.6 Å². The summed E-state index contributed by atoms with van der Waals surface area (Å²) in [5.41, 5.74) is 7.24. The number of thioether (sulfide) groups is 1. The topological polar surface area (TPSA) is 43.8 Å². The molecule has 0 amide bonds. The van der Waals surface area contributed by atoms with Crippen molar-refractivity contribution in [2.75, 3.05) is 6.26 Å². The van der Waals surface area contributed by atoms with Crippen LogP contribution in [-0.4, -0.2) is 22.1 Å². The molecule has 4 heteroatoms. The molecule has 0 bridgehead atoms. The van der Waals surface area contributed by atoms with Gasteiger partial charge in [-0.1, -0.05) is 6.92 Å². The number of hydrogen-bond acceptors (Lipinski definition) is 3. The second kappa shape index (κ2) is 4.67. The summed E-state index contributed by atoms with van der Waals surface area (Å²) in [4.78, 5) is 0. The van der Waals surface area contributed by atoms with Crippen LogP contribution in [0, 0.1) is 0 Å². The van der Waals surface area contributed by atoms with E-state index in [0.29, 0.717) is 5.25 Å². The van der Waals surface area contributed by atoms with E-state index in [0.717, 1.165) is 6.42 Å². The minimum Gasteiger partial charge on any atom is -0.326 e. The zero-order valence-corrected chi connectivity index (χ0v) is 9.21. The Hall–Kier alpha value is -0.480. The lowest BCUT2D eigenvalue weighted by Gasteiger charge is -2.18. The van der Waals surface area contributed by atoms with Crippen molar-refractivity contribution in [3.8, 4) is 0 Å². The molecule has 1 aromatic rings. The molecule has 0 radical (unpaired) electrons. The lowest BCUT2D eigenvalue weighted by atomic mass is 10.1. The van der Waals surface area contributed by atoms with Gasteiger partial charge in [0.2, 0.25) is 0 Å². The normalized spacial score (nSPS) is 15.7. The van der Waals surface area contributed by atoms with Gasteiger partial charge in [-0.2, -0.15) is 16.9 Å². The second-order valence-corrected chi connectivity index (χ2v) is 4.16. The van der Waals surface area contributed by atoms with E-state index >= 15 is 0 Å². The molecule has 0 aliphatic heterocycles. The van der Waals surface area contributed by atoms with Crippen LogP contribution in [0.4, 0.5) is 0 Å². The van der Waals surface area contributed by atoms with E-state index < -0.39 is 0 Å². The third-order valence-electron chi connectivity index (χ3n) is 2.17. The summed E-state index contributed by atoms with van der Waals surface area (Å²) in [6.07, 6.45) is 7.03. The van der Waals surface area contributed by atoms with E-state index in [9.17, 15) is 0 Å². The van der Waals surface area contributed by atoms with Crippen LogP contribution in [0.3, 0.4) is 0 Å². The molecule has 2 unspecified atom stereocenters. The van der Waals surface area contributed by atoms with Gasteiger partial charge in [0, 0.05) is 30.1 Å². The minimum atomic E-state index is 0.221. The fourth-order valence-corrected chi connectivity index (χ4v) is 2.30.